The molecule has 0 fully saturated rings. The van der Waals surface area contributed by atoms with Gasteiger partial charge in [0.25, 0.3) is 0 Å². The molecular formula is C8H11FN2O4S2. The number of hydrogen-bond acceptors (Lipinski definition) is 5. The molecule has 0 heterocycles. The summed E-state index contributed by atoms with van der Waals surface area (Å²) in [6.07, 6.45) is 0.779. The van der Waals surface area contributed by atoms with Gasteiger partial charge in [-0.25, -0.2) is 21.2 Å². The van der Waals surface area contributed by atoms with Crippen molar-refractivity contribution in [3.05, 3.63) is 24.0 Å². The molecule has 17 heavy (non-hydrogen) atoms. The Morgan fingerprint density at radius 1 is 1.29 bits per heavy atom. The Labute approximate surface area is 98.6 Å². The summed E-state index contributed by atoms with van der Waals surface area (Å²) in [4.78, 5) is 0. The van der Waals surface area contributed by atoms with E-state index in [1.165, 1.54) is 6.07 Å². The van der Waals surface area contributed by atoms with Crippen LogP contribution in [0.4, 0.5) is 15.8 Å². The molecule has 1 aromatic carbocycles. The lowest BCUT2D eigenvalue weighted by atomic mass is 10.3. The minimum absolute atomic E-state index is 0.00322. The number of hydrogen-bond donors (Lipinski definition) is 2. The van der Waals surface area contributed by atoms with Crippen molar-refractivity contribution in [2.75, 3.05) is 21.8 Å². The van der Waals surface area contributed by atoms with Crippen LogP contribution in [0.15, 0.2) is 18.2 Å². The van der Waals surface area contributed by atoms with E-state index in [0.29, 0.717) is 0 Å². The summed E-state index contributed by atoms with van der Waals surface area (Å²) in [5, 5.41) is -1.09. The van der Waals surface area contributed by atoms with E-state index in [-0.39, 0.29) is 11.4 Å². The lowest BCUT2D eigenvalue weighted by Crippen LogP contribution is -2.22. The summed E-state index contributed by atoms with van der Waals surface area (Å²) in [5.41, 5.74) is 5.23. The maximum absolute atomic E-state index is 12.9. The van der Waals surface area contributed by atoms with Crippen LogP contribution in [-0.2, 0) is 19.9 Å². The average Bonchev–Trinajstić information content (AvgIpc) is 2.06. The number of sulfone groups is 1. The van der Waals surface area contributed by atoms with Crippen molar-refractivity contribution in [1.29, 1.82) is 0 Å². The van der Waals surface area contributed by atoms with Crippen molar-refractivity contribution >= 4 is 31.2 Å². The van der Waals surface area contributed by atoms with Crippen molar-refractivity contribution in [2.45, 2.75) is 0 Å². The molecule has 0 saturated heterocycles. The summed E-state index contributed by atoms with van der Waals surface area (Å²) < 4.78 is 59.3. The fourth-order valence-corrected chi connectivity index (χ4v) is 4.10. The molecule has 3 N–H and O–H groups in total. The molecule has 9 heteroatoms. The van der Waals surface area contributed by atoms with Crippen molar-refractivity contribution in [2.24, 2.45) is 0 Å². The van der Waals surface area contributed by atoms with Crippen molar-refractivity contribution in [3.63, 3.8) is 0 Å². The molecule has 96 valence electrons. The van der Waals surface area contributed by atoms with Crippen LogP contribution in [0.5, 0.6) is 0 Å². The molecule has 1 aromatic rings. The predicted octanol–water partition coefficient (Wildman–Crippen LogP) is 0.152. The number of halogens is 1. The highest BCUT2D eigenvalue weighted by atomic mass is 32.3. The van der Waals surface area contributed by atoms with E-state index in [9.17, 15) is 21.2 Å². The monoisotopic (exact) mass is 282 g/mol. The van der Waals surface area contributed by atoms with Gasteiger partial charge >= 0.3 is 0 Å². The highest BCUT2D eigenvalue weighted by Crippen LogP contribution is 2.20. The third-order valence-electron chi connectivity index (χ3n) is 1.65. The topological polar surface area (TPSA) is 106 Å². The Morgan fingerprint density at radius 2 is 1.88 bits per heavy atom. The summed E-state index contributed by atoms with van der Waals surface area (Å²) in [5.74, 6) is -0.684. The zero-order chi connectivity index (χ0) is 13.3. The molecule has 0 saturated carbocycles. The normalized spacial score (nSPS) is 12.4. The van der Waals surface area contributed by atoms with Gasteiger partial charge in [-0.1, -0.05) is 0 Å². The van der Waals surface area contributed by atoms with Gasteiger partial charge in [-0.3, -0.25) is 4.72 Å². The molecule has 0 atom stereocenters. The first-order valence-electron chi connectivity index (χ1n) is 4.32. The van der Waals surface area contributed by atoms with Crippen LogP contribution >= 0.6 is 0 Å². The largest absolute Gasteiger partial charge is 0.397 e. The molecule has 0 amide bonds. The maximum atomic E-state index is 12.9. The van der Waals surface area contributed by atoms with Crippen molar-refractivity contribution < 1.29 is 21.2 Å². The molecule has 0 bridgehead atoms. The van der Waals surface area contributed by atoms with E-state index in [2.05, 4.69) is 0 Å². The van der Waals surface area contributed by atoms with Crippen LogP contribution in [0.25, 0.3) is 0 Å². The second kappa shape index (κ2) is 4.49. The zero-order valence-electron chi connectivity index (χ0n) is 8.84. The molecule has 1 rings (SSSR count). The minimum atomic E-state index is -4.12. The van der Waals surface area contributed by atoms with Crippen molar-refractivity contribution in [3.8, 4) is 0 Å². The van der Waals surface area contributed by atoms with Gasteiger partial charge in [0.1, 0.15) is 5.82 Å². The number of rotatable bonds is 4. The van der Waals surface area contributed by atoms with Crippen LogP contribution in [0.2, 0.25) is 0 Å². The second-order valence-electron chi connectivity index (χ2n) is 3.49. The Morgan fingerprint density at radius 3 is 2.41 bits per heavy atom. The fraction of sp³-hybridized carbons (Fsp3) is 0.250. The number of nitrogens with one attached hydrogen (secondary N) is 1. The Kier molecular flexibility index (Phi) is 3.62. The SMILES string of the molecule is CS(=O)(=O)CS(=O)(=O)Nc1cc(F)ccc1N. The van der Waals surface area contributed by atoms with E-state index in [4.69, 9.17) is 5.73 Å². The van der Waals surface area contributed by atoms with Crippen LogP contribution < -0.4 is 10.5 Å². The van der Waals surface area contributed by atoms with Gasteiger partial charge in [0.2, 0.25) is 10.0 Å². The van der Waals surface area contributed by atoms with Crippen LogP contribution in [0.3, 0.4) is 0 Å². The Hall–Kier alpha value is -1.35. The Bertz CT molecular complexity index is 625. The number of sulfonamides is 1. The average molecular weight is 282 g/mol. The zero-order valence-corrected chi connectivity index (χ0v) is 10.5. The molecule has 0 radical (unpaired) electrons. The first-order chi connectivity index (χ1) is 7.59. The first kappa shape index (κ1) is 13.7. The number of nitrogens with two attached hydrogens (primary N) is 1. The standard InChI is InChI=1S/C8H11FN2O4S2/c1-16(12,13)5-17(14,15)11-8-4-6(9)2-3-7(8)10/h2-4,11H,5,10H2,1H3. The van der Waals surface area contributed by atoms with Crippen LogP contribution in [0, 0.1) is 5.82 Å². The smallest absolute Gasteiger partial charge is 0.247 e. The van der Waals surface area contributed by atoms with Gasteiger partial charge in [0, 0.05) is 12.3 Å². The van der Waals surface area contributed by atoms with Crippen LogP contribution in [0.1, 0.15) is 0 Å². The van der Waals surface area contributed by atoms with E-state index >= 15 is 0 Å². The fourth-order valence-electron chi connectivity index (χ4n) is 1.10. The quantitative estimate of drug-likeness (QED) is 0.765. The number of benzene rings is 1. The summed E-state index contributed by atoms with van der Waals surface area (Å²) in [6.45, 7) is 0. The summed E-state index contributed by atoms with van der Waals surface area (Å²) in [7, 11) is -7.83. The first-order valence-corrected chi connectivity index (χ1v) is 8.03. The molecule has 0 aromatic heterocycles. The summed E-state index contributed by atoms with van der Waals surface area (Å²) >= 11 is 0. The van der Waals surface area contributed by atoms with Gasteiger partial charge in [-0.15, -0.1) is 0 Å². The minimum Gasteiger partial charge on any atom is -0.397 e. The van der Waals surface area contributed by atoms with E-state index in [1.54, 1.807) is 0 Å². The van der Waals surface area contributed by atoms with Gasteiger partial charge in [0.15, 0.2) is 14.9 Å². The van der Waals surface area contributed by atoms with E-state index in [1.807, 2.05) is 4.72 Å². The summed E-state index contributed by atoms with van der Waals surface area (Å²) in [6, 6.07) is 3.10. The predicted molar refractivity (Wildman–Crippen MR) is 63.1 cm³/mol. The van der Waals surface area contributed by atoms with E-state index < -0.39 is 30.8 Å². The Balaban J connectivity index is 3.02. The molecule has 6 nitrogen and oxygen atoms in total. The lowest BCUT2D eigenvalue weighted by molar-refractivity contribution is 0.595. The molecule has 0 unspecified atom stereocenters. The third-order valence-corrected chi connectivity index (χ3v) is 5.13. The highest BCUT2D eigenvalue weighted by Gasteiger charge is 2.19. The number of anilines is 2. The van der Waals surface area contributed by atoms with Gasteiger partial charge in [0.05, 0.1) is 11.4 Å². The maximum Gasteiger partial charge on any atom is 0.247 e. The molecule has 0 aliphatic rings. The molecule has 0 aliphatic carbocycles. The lowest BCUT2D eigenvalue weighted by Gasteiger charge is -2.09. The highest BCUT2D eigenvalue weighted by molar-refractivity contribution is 8.08. The van der Waals surface area contributed by atoms with Gasteiger partial charge in [-0.05, 0) is 12.1 Å². The second-order valence-corrected chi connectivity index (χ2v) is 7.72. The molecular weight excluding hydrogens is 271 g/mol. The van der Waals surface area contributed by atoms with Gasteiger partial charge in [-0.2, -0.15) is 0 Å². The van der Waals surface area contributed by atoms with Gasteiger partial charge < -0.3 is 5.73 Å². The molecule has 0 aliphatic heterocycles. The van der Waals surface area contributed by atoms with Crippen LogP contribution in [-0.4, -0.2) is 28.2 Å². The molecule has 0 spiro atoms. The van der Waals surface area contributed by atoms with E-state index in [0.717, 1.165) is 18.4 Å². The number of nitrogen functional groups attached to an aromatic ring is 1. The van der Waals surface area contributed by atoms with Crippen molar-refractivity contribution in [1.82, 2.24) is 0 Å². The third kappa shape index (κ3) is 4.57.